The van der Waals surface area contributed by atoms with Crippen molar-refractivity contribution in [3.05, 3.63) is 78.4 Å². The number of amides is 1. The maximum Gasteiger partial charge on any atom is 0.225 e. The van der Waals surface area contributed by atoms with E-state index in [0.29, 0.717) is 19.6 Å². The number of carbonyl (C=O) groups excluding carboxylic acids is 1. The summed E-state index contributed by atoms with van der Waals surface area (Å²) < 4.78 is 16.0. The molecule has 2 fully saturated rings. The maximum atomic E-state index is 13.9. The van der Waals surface area contributed by atoms with Gasteiger partial charge in [0.15, 0.2) is 0 Å². The van der Waals surface area contributed by atoms with Crippen LogP contribution < -0.4 is 9.80 Å². The Labute approximate surface area is 215 Å². The molecule has 0 saturated carbocycles. The Morgan fingerprint density at radius 3 is 2.38 bits per heavy atom. The number of carbonyl (C=O) groups is 1. The molecule has 190 valence electrons. The second-order valence-electron chi connectivity index (χ2n) is 9.74. The fourth-order valence-electron chi connectivity index (χ4n) is 5.44. The van der Waals surface area contributed by atoms with E-state index in [1.54, 1.807) is 24.5 Å². The number of benzene rings is 2. The molecular formula is C28H30FN7O. The zero-order chi connectivity index (χ0) is 25.2. The zero-order valence-corrected chi connectivity index (χ0v) is 20.7. The summed E-state index contributed by atoms with van der Waals surface area (Å²) in [4.78, 5) is 33.3. The summed E-state index contributed by atoms with van der Waals surface area (Å²) in [7, 11) is 0. The van der Waals surface area contributed by atoms with Crippen molar-refractivity contribution in [2.75, 3.05) is 49.1 Å². The first kappa shape index (κ1) is 23.4. The minimum absolute atomic E-state index is 0.0248. The number of piperazine rings is 1. The number of nitrogens with zero attached hydrogens (tertiary/aromatic N) is 7. The molecule has 2 aromatic carbocycles. The van der Waals surface area contributed by atoms with Gasteiger partial charge in [0.2, 0.25) is 17.8 Å². The fraction of sp³-hybridized carbons (Fsp3) is 0.357. The van der Waals surface area contributed by atoms with E-state index in [2.05, 4.69) is 30.4 Å². The van der Waals surface area contributed by atoms with Gasteiger partial charge in [0.05, 0.1) is 17.6 Å². The SMILES string of the molecule is O=C(C1CCN(c2nc3ccccc3n2Cc2cccc(F)c2)CC1)N1CCN(c2ncccn2)CC1. The van der Waals surface area contributed by atoms with Gasteiger partial charge in [-0.2, -0.15) is 0 Å². The molecule has 37 heavy (non-hydrogen) atoms. The third-order valence-corrected chi connectivity index (χ3v) is 7.42. The van der Waals surface area contributed by atoms with Gasteiger partial charge in [-0.25, -0.2) is 19.3 Å². The maximum absolute atomic E-state index is 13.9. The molecule has 2 aliphatic rings. The smallest absolute Gasteiger partial charge is 0.225 e. The van der Waals surface area contributed by atoms with Crippen LogP contribution >= 0.6 is 0 Å². The molecule has 0 radical (unpaired) electrons. The van der Waals surface area contributed by atoms with Crippen molar-refractivity contribution in [2.45, 2.75) is 19.4 Å². The van der Waals surface area contributed by atoms with Crippen molar-refractivity contribution in [3.63, 3.8) is 0 Å². The average molecular weight is 500 g/mol. The predicted molar refractivity (Wildman–Crippen MR) is 141 cm³/mol. The van der Waals surface area contributed by atoms with Gasteiger partial charge in [0.1, 0.15) is 5.82 Å². The number of hydrogen-bond donors (Lipinski definition) is 0. The number of rotatable bonds is 5. The lowest BCUT2D eigenvalue weighted by Crippen LogP contribution is -2.52. The third-order valence-electron chi connectivity index (χ3n) is 7.42. The molecule has 9 heteroatoms. The highest BCUT2D eigenvalue weighted by Crippen LogP contribution is 2.29. The van der Waals surface area contributed by atoms with Crippen LogP contribution in [0.5, 0.6) is 0 Å². The molecule has 0 aliphatic carbocycles. The molecule has 2 aliphatic heterocycles. The lowest BCUT2D eigenvalue weighted by Gasteiger charge is -2.38. The topological polar surface area (TPSA) is 70.4 Å². The minimum atomic E-state index is -0.236. The third kappa shape index (κ3) is 4.85. The molecule has 0 bridgehead atoms. The molecule has 4 aromatic rings. The Kier molecular flexibility index (Phi) is 6.42. The largest absolute Gasteiger partial charge is 0.342 e. The van der Waals surface area contributed by atoms with Gasteiger partial charge in [-0.1, -0.05) is 24.3 Å². The van der Waals surface area contributed by atoms with Crippen LogP contribution in [0.4, 0.5) is 16.3 Å². The average Bonchev–Trinajstić information content (AvgIpc) is 3.31. The van der Waals surface area contributed by atoms with E-state index in [4.69, 9.17) is 4.98 Å². The number of imidazole rings is 1. The molecule has 8 nitrogen and oxygen atoms in total. The van der Waals surface area contributed by atoms with Crippen LogP contribution in [0.1, 0.15) is 18.4 Å². The summed E-state index contributed by atoms with van der Waals surface area (Å²) in [6, 6.07) is 16.6. The summed E-state index contributed by atoms with van der Waals surface area (Å²) >= 11 is 0. The van der Waals surface area contributed by atoms with Crippen molar-refractivity contribution in [2.24, 2.45) is 5.92 Å². The first-order chi connectivity index (χ1) is 18.2. The van der Waals surface area contributed by atoms with Crippen LogP contribution in [0, 0.1) is 11.7 Å². The van der Waals surface area contributed by atoms with E-state index in [1.807, 2.05) is 35.2 Å². The number of anilines is 2. The van der Waals surface area contributed by atoms with Crippen LogP contribution in [0.2, 0.25) is 0 Å². The first-order valence-corrected chi connectivity index (χ1v) is 12.9. The van der Waals surface area contributed by atoms with Gasteiger partial charge in [0, 0.05) is 57.6 Å². The summed E-state index contributed by atoms with van der Waals surface area (Å²) in [5, 5.41) is 0. The molecule has 0 spiro atoms. The Bertz CT molecular complexity index is 1380. The summed E-state index contributed by atoms with van der Waals surface area (Å²) in [5.41, 5.74) is 2.85. The van der Waals surface area contributed by atoms with Crippen molar-refractivity contribution in [1.82, 2.24) is 24.4 Å². The van der Waals surface area contributed by atoms with Gasteiger partial charge in [-0.3, -0.25) is 4.79 Å². The van der Waals surface area contributed by atoms with Crippen molar-refractivity contribution >= 4 is 28.8 Å². The minimum Gasteiger partial charge on any atom is -0.342 e. The summed E-state index contributed by atoms with van der Waals surface area (Å²) in [6.45, 7) is 4.96. The van der Waals surface area contributed by atoms with E-state index in [-0.39, 0.29) is 17.6 Å². The lowest BCUT2D eigenvalue weighted by molar-refractivity contribution is -0.136. The van der Waals surface area contributed by atoms with Gasteiger partial charge in [0.25, 0.3) is 0 Å². The first-order valence-electron chi connectivity index (χ1n) is 12.9. The highest BCUT2D eigenvalue weighted by Gasteiger charge is 2.32. The number of piperidine rings is 1. The second kappa shape index (κ2) is 10.2. The van der Waals surface area contributed by atoms with Crippen molar-refractivity contribution in [3.8, 4) is 0 Å². The number of halogens is 1. The van der Waals surface area contributed by atoms with E-state index < -0.39 is 0 Å². The van der Waals surface area contributed by atoms with Crippen molar-refractivity contribution in [1.29, 1.82) is 0 Å². The molecule has 6 rings (SSSR count). The van der Waals surface area contributed by atoms with Crippen LogP contribution in [-0.4, -0.2) is 69.6 Å². The second-order valence-corrected chi connectivity index (χ2v) is 9.74. The highest BCUT2D eigenvalue weighted by molar-refractivity contribution is 5.80. The van der Waals surface area contributed by atoms with Crippen LogP contribution in [0.3, 0.4) is 0 Å². The number of aromatic nitrogens is 4. The van der Waals surface area contributed by atoms with E-state index in [9.17, 15) is 9.18 Å². The number of para-hydroxylation sites is 2. The Hall–Kier alpha value is -4.01. The highest BCUT2D eigenvalue weighted by atomic mass is 19.1. The quantitative estimate of drug-likeness (QED) is 0.418. The van der Waals surface area contributed by atoms with E-state index >= 15 is 0 Å². The van der Waals surface area contributed by atoms with E-state index in [0.717, 1.165) is 67.5 Å². The van der Waals surface area contributed by atoms with Crippen LogP contribution in [0.15, 0.2) is 67.0 Å². The van der Waals surface area contributed by atoms with E-state index in [1.165, 1.54) is 6.07 Å². The normalized spacial score (nSPS) is 16.9. The molecule has 0 N–H and O–H groups in total. The lowest BCUT2D eigenvalue weighted by atomic mass is 9.95. The summed E-state index contributed by atoms with van der Waals surface area (Å²) in [5.74, 6) is 1.65. The van der Waals surface area contributed by atoms with Crippen molar-refractivity contribution < 1.29 is 9.18 Å². The molecule has 1 amide bonds. The summed E-state index contributed by atoms with van der Waals surface area (Å²) in [6.07, 6.45) is 5.09. The number of hydrogen-bond acceptors (Lipinski definition) is 6. The zero-order valence-electron chi connectivity index (χ0n) is 20.7. The molecule has 0 atom stereocenters. The molecular weight excluding hydrogens is 469 g/mol. The van der Waals surface area contributed by atoms with Crippen LogP contribution in [0.25, 0.3) is 11.0 Å². The molecule has 4 heterocycles. The standard InChI is InChI=1S/C28H30FN7O/c29-23-6-3-5-21(19-23)20-36-25-8-2-1-7-24(25)32-28(36)35-13-9-22(10-14-35)26(37)33-15-17-34(18-16-33)27-30-11-4-12-31-27/h1-8,11-12,19,22H,9-10,13-18,20H2. The Morgan fingerprint density at radius 2 is 1.62 bits per heavy atom. The monoisotopic (exact) mass is 499 g/mol. The van der Waals surface area contributed by atoms with Crippen LogP contribution in [-0.2, 0) is 11.3 Å². The Balaban J connectivity index is 1.12. The van der Waals surface area contributed by atoms with Gasteiger partial charge in [-0.15, -0.1) is 0 Å². The predicted octanol–water partition coefficient (Wildman–Crippen LogP) is 3.58. The Morgan fingerprint density at radius 1 is 0.865 bits per heavy atom. The molecule has 0 unspecified atom stereocenters. The molecule has 2 aromatic heterocycles. The number of fused-ring (bicyclic) bond motifs is 1. The van der Waals surface area contributed by atoms with Gasteiger partial charge < -0.3 is 19.3 Å². The van der Waals surface area contributed by atoms with Gasteiger partial charge >= 0.3 is 0 Å². The molecule has 2 saturated heterocycles. The fourth-order valence-corrected chi connectivity index (χ4v) is 5.44. The van der Waals surface area contributed by atoms with Gasteiger partial charge in [-0.05, 0) is 48.7 Å².